The number of aliphatic hydroxyl groups is 1. The Bertz CT molecular complexity index is 274. The second-order valence-corrected chi connectivity index (χ2v) is 7.26. The molecule has 0 aromatic heterocycles. The van der Waals surface area contributed by atoms with E-state index in [4.69, 9.17) is 0 Å². The highest BCUT2D eigenvalue weighted by atomic mass is 16.3. The number of likely N-dealkylation sites (tertiary alicyclic amines) is 1. The van der Waals surface area contributed by atoms with E-state index in [9.17, 15) is 5.11 Å². The normalized spacial score (nSPS) is 28.6. The third-order valence-electron chi connectivity index (χ3n) is 5.39. The van der Waals surface area contributed by atoms with E-state index in [0.717, 1.165) is 13.1 Å². The summed E-state index contributed by atoms with van der Waals surface area (Å²) in [7, 11) is 0. The molecule has 2 N–H and O–H groups in total. The summed E-state index contributed by atoms with van der Waals surface area (Å²) in [5.74, 6) is 0.499. The van der Waals surface area contributed by atoms with Gasteiger partial charge < -0.3 is 15.3 Å². The summed E-state index contributed by atoms with van der Waals surface area (Å²) >= 11 is 0. The van der Waals surface area contributed by atoms with Crippen LogP contribution in [0.1, 0.15) is 58.8 Å². The van der Waals surface area contributed by atoms with E-state index in [2.05, 4.69) is 17.1 Å². The van der Waals surface area contributed by atoms with Gasteiger partial charge in [0.2, 0.25) is 0 Å². The Morgan fingerprint density at radius 3 is 2.65 bits per heavy atom. The molecule has 20 heavy (non-hydrogen) atoms. The Kier molecular flexibility index (Phi) is 6.31. The summed E-state index contributed by atoms with van der Waals surface area (Å²) in [5.41, 5.74) is 0.501. The van der Waals surface area contributed by atoms with Gasteiger partial charge in [-0.15, -0.1) is 0 Å². The Balaban J connectivity index is 1.87. The lowest BCUT2D eigenvalue weighted by atomic mass is 9.73. The molecule has 2 unspecified atom stereocenters. The summed E-state index contributed by atoms with van der Waals surface area (Å²) < 4.78 is 0. The van der Waals surface area contributed by atoms with Crippen molar-refractivity contribution in [3.63, 3.8) is 0 Å². The van der Waals surface area contributed by atoms with Crippen LogP contribution in [-0.4, -0.2) is 48.8 Å². The Hall–Kier alpha value is -0.120. The van der Waals surface area contributed by atoms with Gasteiger partial charge in [-0.1, -0.05) is 26.2 Å². The van der Waals surface area contributed by atoms with Crippen LogP contribution >= 0.6 is 0 Å². The zero-order valence-corrected chi connectivity index (χ0v) is 13.5. The largest absolute Gasteiger partial charge is 0.393 e. The minimum atomic E-state index is -0.138. The van der Waals surface area contributed by atoms with Gasteiger partial charge in [0, 0.05) is 19.6 Å². The summed E-state index contributed by atoms with van der Waals surface area (Å²) in [4.78, 5) is 2.62. The highest BCUT2D eigenvalue weighted by Crippen LogP contribution is 2.37. The molecular formula is C17H34N2O. The molecule has 0 aromatic rings. The predicted octanol–water partition coefficient (Wildman–Crippen LogP) is 2.64. The SMILES string of the molecule is CCCNCC1(CN2CCC(C(C)O)C2)CCCCC1. The van der Waals surface area contributed by atoms with Gasteiger partial charge in [-0.05, 0) is 57.0 Å². The van der Waals surface area contributed by atoms with Crippen molar-refractivity contribution in [2.45, 2.75) is 64.9 Å². The van der Waals surface area contributed by atoms with Crippen LogP contribution in [0.4, 0.5) is 0 Å². The zero-order valence-electron chi connectivity index (χ0n) is 13.5. The molecule has 2 aliphatic rings. The monoisotopic (exact) mass is 282 g/mol. The summed E-state index contributed by atoms with van der Waals surface area (Å²) in [6.45, 7) is 10.1. The first-order valence-electron chi connectivity index (χ1n) is 8.76. The fourth-order valence-electron chi connectivity index (χ4n) is 4.10. The maximum Gasteiger partial charge on any atom is 0.0552 e. The van der Waals surface area contributed by atoms with E-state index in [1.807, 2.05) is 6.92 Å². The molecule has 2 atom stereocenters. The zero-order chi connectivity index (χ0) is 14.4. The average Bonchev–Trinajstić information content (AvgIpc) is 2.88. The molecule has 0 bridgehead atoms. The molecule has 0 radical (unpaired) electrons. The van der Waals surface area contributed by atoms with Crippen LogP contribution in [-0.2, 0) is 0 Å². The van der Waals surface area contributed by atoms with E-state index in [-0.39, 0.29) is 6.10 Å². The molecule has 1 saturated heterocycles. The van der Waals surface area contributed by atoms with Crippen LogP contribution in [0.25, 0.3) is 0 Å². The summed E-state index contributed by atoms with van der Waals surface area (Å²) in [6.07, 6.45) is 9.27. The second kappa shape index (κ2) is 7.77. The number of nitrogens with zero attached hydrogens (tertiary/aromatic N) is 1. The molecule has 2 fully saturated rings. The van der Waals surface area contributed by atoms with Gasteiger partial charge in [0.15, 0.2) is 0 Å². The van der Waals surface area contributed by atoms with Gasteiger partial charge in [-0.25, -0.2) is 0 Å². The fraction of sp³-hybridized carbons (Fsp3) is 1.00. The molecule has 2 rings (SSSR count). The number of rotatable bonds is 7. The van der Waals surface area contributed by atoms with E-state index >= 15 is 0 Å². The maximum absolute atomic E-state index is 9.77. The van der Waals surface area contributed by atoms with Gasteiger partial charge in [0.1, 0.15) is 0 Å². The summed E-state index contributed by atoms with van der Waals surface area (Å²) in [6, 6.07) is 0. The first kappa shape index (κ1) is 16.3. The third kappa shape index (κ3) is 4.44. The van der Waals surface area contributed by atoms with Crippen molar-refractivity contribution >= 4 is 0 Å². The number of hydrogen-bond donors (Lipinski definition) is 2. The first-order chi connectivity index (χ1) is 9.65. The maximum atomic E-state index is 9.77. The van der Waals surface area contributed by atoms with Crippen LogP contribution < -0.4 is 5.32 Å². The molecule has 0 amide bonds. The molecule has 1 aliphatic heterocycles. The first-order valence-corrected chi connectivity index (χ1v) is 8.76. The Morgan fingerprint density at radius 1 is 1.30 bits per heavy atom. The highest BCUT2D eigenvalue weighted by Gasteiger charge is 2.36. The van der Waals surface area contributed by atoms with Crippen LogP contribution in [0.5, 0.6) is 0 Å². The fourth-order valence-corrected chi connectivity index (χ4v) is 4.10. The highest BCUT2D eigenvalue weighted by molar-refractivity contribution is 4.90. The molecule has 0 aromatic carbocycles. The van der Waals surface area contributed by atoms with Gasteiger partial charge in [-0.3, -0.25) is 0 Å². The van der Waals surface area contributed by atoms with E-state index in [0.29, 0.717) is 11.3 Å². The topological polar surface area (TPSA) is 35.5 Å². The van der Waals surface area contributed by atoms with Gasteiger partial charge >= 0.3 is 0 Å². The Morgan fingerprint density at radius 2 is 2.05 bits per heavy atom. The molecule has 0 spiro atoms. The van der Waals surface area contributed by atoms with Crippen LogP contribution in [0.2, 0.25) is 0 Å². The average molecular weight is 282 g/mol. The molecule has 1 saturated carbocycles. The smallest absolute Gasteiger partial charge is 0.0552 e. The minimum absolute atomic E-state index is 0.138. The number of aliphatic hydroxyl groups excluding tert-OH is 1. The lowest BCUT2D eigenvalue weighted by Gasteiger charge is -2.40. The van der Waals surface area contributed by atoms with Gasteiger partial charge in [0.05, 0.1) is 6.10 Å². The standard InChI is InChI=1S/C17H34N2O/c1-3-10-18-13-17(8-5-4-6-9-17)14-19-11-7-16(12-19)15(2)20/h15-16,18,20H,3-14H2,1-2H3. The second-order valence-electron chi connectivity index (χ2n) is 7.26. The molecule has 3 nitrogen and oxygen atoms in total. The van der Waals surface area contributed by atoms with E-state index in [1.165, 1.54) is 64.6 Å². The molecule has 3 heteroatoms. The lowest BCUT2D eigenvalue weighted by molar-refractivity contribution is 0.0973. The molecule has 118 valence electrons. The van der Waals surface area contributed by atoms with Crippen molar-refractivity contribution in [3.05, 3.63) is 0 Å². The molecular weight excluding hydrogens is 248 g/mol. The molecule has 1 heterocycles. The van der Waals surface area contributed by atoms with Crippen LogP contribution in [0, 0.1) is 11.3 Å². The van der Waals surface area contributed by atoms with Gasteiger partial charge in [-0.2, -0.15) is 0 Å². The van der Waals surface area contributed by atoms with Crippen molar-refractivity contribution in [1.82, 2.24) is 10.2 Å². The van der Waals surface area contributed by atoms with E-state index < -0.39 is 0 Å². The predicted molar refractivity (Wildman–Crippen MR) is 84.9 cm³/mol. The number of nitrogens with one attached hydrogen (secondary N) is 1. The van der Waals surface area contributed by atoms with Crippen LogP contribution in [0.15, 0.2) is 0 Å². The van der Waals surface area contributed by atoms with E-state index in [1.54, 1.807) is 0 Å². The summed E-state index contributed by atoms with van der Waals surface area (Å²) in [5, 5.41) is 13.5. The van der Waals surface area contributed by atoms with Crippen LogP contribution in [0.3, 0.4) is 0 Å². The van der Waals surface area contributed by atoms with Crippen molar-refractivity contribution < 1.29 is 5.11 Å². The van der Waals surface area contributed by atoms with Crippen molar-refractivity contribution in [1.29, 1.82) is 0 Å². The van der Waals surface area contributed by atoms with Gasteiger partial charge in [0.25, 0.3) is 0 Å². The minimum Gasteiger partial charge on any atom is -0.393 e. The molecule has 1 aliphatic carbocycles. The van der Waals surface area contributed by atoms with Crippen molar-refractivity contribution in [2.75, 3.05) is 32.7 Å². The Labute approximate surface area is 125 Å². The third-order valence-corrected chi connectivity index (χ3v) is 5.39. The van der Waals surface area contributed by atoms with Crippen molar-refractivity contribution in [2.24, 2.45) is 11.3 Å². The quantitative estimate of drug-likeness (QED) is 0.705. The lowest BCUT2D eigenvalue weighted by Crippen LogP contribution is -2.45. The van der Waals surface area contributed by atoms with Crippen molar-refractivity contribution in [3.8, 4) is 0 Å². The number of hydrogen-bond acceptors (Lipinski definition) is 3.